The summed E-state index contributed by atoms with van der Waals surface area (Å²) in [6.45, 7) is 1.69. The van der Waals surface area contributed by atoms with Crippen LogP contribution in [-0.2, 0) is 23.5 Å². The minimum absolute atomic E-state index is 0.113. The van der Waals surface area contributed by atoms with Crippen LogP contribution in [0.5, 0.6) is 0 Å². The first-order valence-corrected chi connectivity index (χ1v) is 8.36. The number of thioether (sulfide) groups is 1. The second-order valence-electron chi connectivity index (χ2n) is 4.59. The summed E-state index contributed by atoms with van der Waals surface area (Å²) in [5.41, 5.74) is 1.64. The predicted octanol–water partition coefficient (Wildman–Crippen LogP) is 0.831. The summed E-state index contributed by atoms with van der Waals surface area (Å²) in [5.74, 6) is 1.48. The molecule has 0 unspecified atom stereocenters. The summed E-state index contributed by atoms with van der Waals surface area (Å²) in [6.07, 6.45) is 0.831. The summed E-state index contributed by atoms with van der Waals surface area (Å²) in [7, 11) is 0. The quantitative estimate of drug-likeness (QED) is 0.900. The molecule has 2 aromatic heterocycles. The lowest BCUT2D eigenvalue weighted by atomic mass is 10.2. The van der Waals surface area contributed by atoms with Gasteiger partial charge in [0.25, 0.3) is 5.56 Å². The number of aryl methyl sites for hydroxylation is 2. The van der Waals surface area contributed by atoms with Gasteiger partial charge in [0.05, 0.1) is 5.69 Å². The second-order valence-corrected chi connectivity index (χ2v) is 6.88. The van der Waals surface area contributed by atoms with Crippen LogP contribution in [-0.4, -0.2) is 31.6 Å². The topological polar surface area (TPSA) is 89.8 Å². The number of aromatic nitrogens is 4. The second kappa shape index (κ2) is 5.94. The molecule has 0 radical (unpaired) electrons. The van der Waals surface area contributed by atoms with Gasteiger partial charge >= 0.3 is 0 Å². The molecule has 3 rings (SSSR count). The molecule has 1 aliphatic rings. The number of amides is 1. The van der Waals surface area contributed by atoms with Gasteiger partial charge in [-0.05, 0) is 18.2 Å². The predicted molar refractivity (Wildman–Crippen MR) is 81.6 cm³/mol. The van der Waals surface area contributed by atoms with Crippen LogP contribution in [0.25, 0.3) is 0 Å². The Morgan fingerprint density at radius 1 is 1.48 bits per heavy atom. The molecule has 1 N–H and O–H groups in total. The van der Waals surface area contributed by atoms with Crippen molar-refractivity contribution >= 4 is 34.1 Å². The molecular weight excluding hydrogens is 310 g/mol. The SMILES string of the molecule is Cc1nnc(NC(=O)Cn2nc3c(cc2=O)CSCC3)s1. The van der Waals surface area contributed by atoms with E-state index < -0.39 is 0 Å². The molecule has 0 aliphatic carbocycles. The molecular formula is C12H13N5O2S2. The number of anilines is 1. The molecule has 0 saturated carbocycles. The maximum Gasteiger partial charge on any atom is 0.267 e. The van der Waals surface area contributed by atoms with Crippen LogP contribution in [0.2, 0.25) is 0 Å². The minimum atomic E-state index is -0.328. The lowest BCUT2D eigenvalue weighted by molar-refractivity contribution is -0.117. The van der Waals surface area contributed by atoms with Gasteiger partial charge in [0.1, 0.15) is 11.6 Å². The molecule has 7 nitrogen and oxygen atoms in total. The molecule has 0 aromatic carbocycles. The molecule has 0 fully saturated rings. The number of nitrogens with zero attached hydrogens (tertiary/aromatic N) is 4. The molecule has 2 aromatic rings. The summed E-state index contributed by atoms with van der Waals surface area (Å²) in [6, 6.07) is 1.58. The third-order valence-electron chi connectivity index (χ3n) is 2.97. The highest BCUT2D eigenvalue weighted by Gasteiger charge is 2.15. The molecule has 9 heteroatoms. The van der Waals surface area contributed by atoms with Crippen molar-refractivity contribution in [3.63, 3.8) is 0 Å². The van der Waals surface area contributed by atoms with Gasteiger partial charge in [-0.15, -0.1) is 10.2 Å². The summed E-state index contributed by atoms with van der Waals surface area (Å²) in [5, 5.41) is 15.8. The van der Waals surface area contributed by atoms with Crippen molar-refractivity contribution in [2.75, 3.05) is 11.1 Å². The van der Waals surface area contributed by atoms with E-state index >= 15 is 0 Å². The van der Waals surface area contributed by atoms with Crippen molar-refractivity contribution in [3.8, 4) is 0 Å². The van der Waals surface area contributed by atoms with Gasteiger partial charge in [-0.25, -0.2) is 4.68 Å². The average molecular weight is 323 g/mol. The third-order valence-corrected chi connectivity index (χ3v) is 4.73. The Labute approximate surface area is 128 Å². The van der Waals surface area contributed by atoms with Gasteiger partial charge in [-0.3, -0.25) is 14.9 Å². The molecule has 3 heterocycles. The number of hydrogen-bond donors (Lipinski definition) is 1. The van der Waals surface area contributed by atoms with E-state index in [-0.39, 0.29) is 18.0 Å². The minimum Gasteiger partial charge on any atom is -0.299 e. The number of carbonyl (C=O) groups excluding carboxylic acids is 1. The highest BCUT2D eigenvalue weighted by atomic mass is 32.2. The van der Waals surface area contributed by atoms with Crippen molar-refractivity contribution in [1.82, 2.24) is 20.0 Å². The van der Waals surface area contributed by atoms with Crippen molar-refractivity contribution in [3.05, 3.63) is 32.7 Å². The van der Waals surface area contributed by atoms with Crippen molar-refractivity contribution in [2.45, 2.75) is 25.6 Å². The van der Waals surface area contributed by atoms with E-state index in [2.05, 4.69) is 20.6 Å². The number of rotatable bonds is 3. The fourth-order valence-corrected chi connectivity index (χ4v) is 3.57. The molecule has 1 amide bonds. The molecule has 21 heavy (non-hydrogen) atoms. The Morgan fingerprint density at radius 3 is 3.10 bits per heavy atom. The first kappa shape index (κ1) is 14.2. The summed E-state index contributed by atoms with van der Waals surface area (Å²) in [4.78, 5) is 23.9. The lowest BCUT2D eigenvalue weighted by Crippen LogP contribution is -2.31. The largest absolute Gasteiger partial charge is 0.299 e. The zero-order valence-corrected chi connectivity index (χ0v) is 13.0. The van der Waals surface area contributed by atoms with Crippen LogP contribution in [0.1, 0.15) is 16.3 Å². The standard InChI is InChI=1S/C12H13N5O2S2/c1-7-14-15-12(21-7)13-10(18)5-17-11(19)4-8-6-20-3-2-9(8)16-17/h4H,2-3,5-6H2,1H3,(H,13,15,18). The van der Waals surface area contributed by atoms with Gasteiger partial charge in [0.2, 0.25) is 11.0 Å². The smallest absolute Gasteiger partial charge is 0.267 e. The molecule has 1 aliphatic heterocycles. The van der Waals surface area contributed by atoms with Crippen LogP contribution in [0.15, 0.2) is 10.9 Å². The molecule has 0 atom stereocenters. The van der Waals surface area contributed by atoms with E-state index in [1.165, 1.54) is 16.0 Å². The Kier molecular flexibility index (Phi) is 4.02. The van der Waals surface area contributed by atoms with Gasteiger partial charge in [-0.1, -0.05) is 11.3 Å². The van der Waals surface area contributed by atoms with Crippen molar-refractivity contribution in [1.29, 1.82) is 0 Å². The fraction of sp³-hybridized carbons (Fsp3) is 0.417. The Hall–Kier alpha value is -1.74. The van der Waals surface area contributed by atoms with Crippen LogP contribution >= 0.6 is 23.1 Å². The van der Waals surface area contributed by atoms with Gasteiger partial charge in [0, 0.05) is 18.2 Å². The highest BCUT2D eigenvalue weighted by Crippen LogP contribution is 2.21. The van der Waals surface area contributed by atoms with E-state index in [9.17, 15) is 9.59 Å². The zero-order valence-electron chi connectivity index (χ0n) is 11.3. The van der Waals surface area contributed by atoms with Crippen LogP contribution < -0.4 is 10.9 Å². The molecule has 110 valence electrons. The molecule has 0 spiro atoms. The number of carbonyl (C=O) groups is 1. The molecule has 0 saturated heterocycles. The first-order valence-electron chi connectivity index (χ1n) is 6.39. The fourth-order valence-electron chi connectivity index (χ4n) is 2.01. The van der Waals surface area contributed by atoms with Crippen molar-refractivity contribution in [2.24, 2.45) is 0 Å². The number of fused-ring (bicyclic) bond motifs is 1. The van der Waals surface area contributed by atoms with Crippen LogP contribution in [0.4, 0.5) is 5.13 Å². The Bertz CT molecular complexity index is 739. The zero-order chi connectivity index (χ0) is 14.8. The number of hydrogen-bond acceptors (Lipinski definition) is 7. The third kappa shape index (κ3) is 3.30. The van der Waals surface area contributed by atoms with E-state index in [4.69, 9.17) is 0 Å². The monoisotopic (exact) mass is 323 g/mol. The maximum atomic E-state index is 12.0. The Balaban J connectivity index is 1.75. The average Bonchev–Trinajstić information content (AvgIpc) is 2.85. The number of nitrogens with one attached hydrogen (secondary N) is 1. The van der Waals surface area contributed by atoms with E-state index in [0.29, 0.717) is 5.13 Å². The summed E-state index contributed by atoms with van der Waals surface area (Å²) >= 11 is 3.08. The van der Waals surface area contributed by atoms with Crippen LogP contribution in [0.3, 0.4) is 0 Å². The lowest BCUT2D eigenvalue weighted by Gasteiger charge is -2.15. The molecule has 0 bridgehead atoms. The van der Waals surface area contributed by atoms with Crippen LogP contribution in [0, 0.1) is 6.92 Å². The Morgan fingerprint density at radius 2 is 2.33 bits per heavy atom. The van der Waals surface area contributed by atoms with Gasteiger partial charge < -0.3 is 0 Å². The van der Waals surface area contributed by atoms with Gasteiger partial charge in [0.15, 0.2) is 0 Å². The van der Waals surface area contributed by atoms with E-state index in [1.807, 2.05) is 0 Å². The van der Waals surface area contributed by atoms with E-state index in [1.54, 1.807) is 24.8 Å². The summed E-state index contributed by atoms with van der Waals surface area (Å²) < 4.78 is 1.21. The van der Waals surface area contributed by atoms with Crippen molar-refractivity contribution < 1.29 is 4.79 Å². The first-order chi connectivity index (χ1) is 10.1. The maximum absolute atomic E-state index is 12.0. The van der Waals surface area contributed by atoms with Gasteiger partial charge in [-0.2, -0.15) is 16.9 Å². The highest BCUT2D eigenvalue weighted by molar-refractivity contribution is 7.98. The van der Waals surface area contributed by atoms with E-state index in [0.717, 1.165) is 34.2 Å². The normalized spacial score (nSPS) is 13.8.